The molecule has 0 saturated carbocycles. The summed E-state index contributed by atoms with van der Waals surface area (Å²) in [5.74, 6) is 0.148. The molecule has 1 fully saturated rings. The van der Waals surface area contributed by atoms with Crippen molar-refractivity contribution in [1.82, 2.24) is 4.90 Å². The van der Waals surface area contributed by atoms with Crippen LogP contribution >= 0.6 is 35.4 Å². The van der Waals surface area contributed by atoms with Gasteiger partial charge < -0.3 is 15.0 Å². The van der Waals surface area contributed by atoms with Crippen LogP contribution < -0.4 is 15.0 Å². The van der Waals surface area contributed by atoms with E-state index in [4.69, 9.17) is 40.2 Å². The number of ether oxygens (including phenoxy) is 1. The SMILES string of the molecule is COc1ccc(NC(=O)CC2C(=O)N(c3ccc(Cl)cc3)C(=S)N2CCc2ccc(Cl)cc2)cc1. The lowest BCUT2D eigenvalue weighted by Gasteiger charge is -2.24. The fraction of sp³-hybridized carbons (Fsp3) is 0.192. The van der Waals surface area contributed by atoms with Crippen LogP contribution in [0.25, 0.3) is 0 Å². The summed E-state index contributed by atoms with van der Waals surface area (Å²) < 4.78 is 5.15. The summed E-state index contributed by atoms with van der Waals surface area (Å²) in [5.41, 5.74) is 2.28. The summed E-state index contributed by atoms with van der Waals surface area (Å²) in [7, 11) is 1.58. The van der Waals surface area contributed by atoms with Gasteiger partial charge in [-0.1, -0.05) is 35.3 Å². The number of thiocarbonyl (C=S) groups is 1. The van der Waals surface area contributed by atoms with E-state index in [0.29, 0.717) is 45.2 Å². The maximum absolute atomic E-state index is 13.5. The number of hydrogen-bond donors (Lipinski definition) is 1. The second-order valence-electron chi connectivity index (χ2n) is 8.00. The second-order valence-corrected chi connectivity index (χ2v) is 9.24. The molecule has 0 aliphatic carbocycles. The highest BCUT2D eigenvalue weighted by Crippen LogP contribution is 2.29. The number of anilines is 2. The molecule has 6 nitrogen and oxygen atoms in total. The average molecular weight is 528 g/mol. The molecule has 4 rings (SSSR count). The summed E-state index contributed by atoms with van der Waals surface area (Å²) >= 11 is 17.7. The molecule has 0 spiro atoms. The monoisotopic (exact) mass is 527 g/mol. The maximum Gasteiger partial charge on any atom is 0.256 e. The molecule has 1 unspecified atom stereocenters. The number of rotatable bonds is 8. The molecule has 180 valence electrons. The highest BCUT2D eigenvalue weighted by atomic mass is 35.5. The predicted molar refractivity (Wildman–Crippen MR) is 143 cm³/mol. The summed E-state index contributed by atoms with van der Waals surface area (Å²) in [6, 6.07) is 20.7. The molecule has 1 saturated heterocycles. The average Bonchev–Trinajstić information content (AvgIpc) is 3.08. The van der Waals surface area contributed by atoms with E-state index in [0.717, 1.165) is 5.56 Å². The van der Waals surface area contributed by atoms with Crippen molar-refractivity contribution >= 4 is 63.7 Å². The van der Waals surface area contributed by atoms with Crippen LogP contribution in [0.4, 0.5) is 11.4 Å². The van der Waals surface area contributed by atoms with Crippen molar-refractivity contribution < 1.29 is 14.3 Å². The largest absolute Gasteiger partial charge is 0.497 e. The first-order valence-electron chi connectivity index (χ1n) is 10.9. The van der Waals surface area contributed by atoms with E-state index in [-0.39, 0.29) is 18.2 Å². The van der Waals surface area contributed by atoms with Gasteiger partial charge in [-0.2, -0.15) is 0 Å². The third kappa shape index (κ3) is 5.93. The van der Waals surface area contributed by atoms with Crippen LogP contribution in [0.15, 0.2) is 72.8 Å². The summed E-state index contributed by atoms with van der Waals surface area (Å²) in [5, 5.41) is 4.42. The van der Waals surface area contributed by atoms with Crippen LogP contribution in [0.2, 0.25) is 10.0 Å². The number of benzene rings is 3. The Balaban J connectivity index is 1.54. The van der Waals surface area contributed by atoms with Crippen molar-refractivity contribution in [3.05, 3.63) is 88.4 Å². The predicted octanol–water partition coefficient (Wildman–Crippen LogP) is 5.58. The zero-order valence-corrected chi connectivity index (χ0v) is 21.2. The number of methoxy groups -OCH3 is 1. The smallest absolute Gasteiger partial charge is 0.256 e. The van der Waals surface area contributed by atoms with Crippen molar-refractivity contribution in [3.63, 3.8) is 0 Å². The Labute approximate surface area is 219 Å². The van der Waals surface area contributed by atoms with Crippen molar-refractivity contribution in [2.24, 2.45) is 0 Å². The first-order chi connectivity index (χ1) is 16.9. The lowest BCUT2D eigenvalue weighted by Crippen LogP contribution is -2.39. The van der Waals surface area contributed by atoms with Gasteiger partial charge in [0, 0.05) is 22.3 Å². The lowest BCUT2D eigenvalue weighted by atomic mass is 10.1. The molecular weight excluding hydrogens is 505 g/mol. The highest BCUT2D eigenvalue weighted by molar-refractivity contribution is 7.80. The van der Waals surface area contributed by atoms with Crippen LogP contribution in [0.3, 0.4) is 0 Å². The Bertz CT molecular complexity index is 1220. The summed E-state index contributed by atoms with van der Waals surface area (Å²) in [6.45, 7) is 0.469. The molecule has 3 aromatic carbocycles. The quantitative estimate of drug-likeness (QED) is 0.387. The van der Waals surface area contributed by atoms with Crippen molar-refractivity contribution in [1.29, 1.82) is 0 Å². The fourth-order valence-corrected chi connectivity index (χ4v) is 4.54. The fourth-order valence-electron chi connectivity index (χ4n) is 3.88. The number of carbonyl (C=O) groups excluding carboxylic acids is 2. The minimum atomic E-state index is -0.733. The van der Waals surface area contributed by atoms with Gasteiger partial charge in [-0.05, 0) is 84.9 Å². The van der Waals surface area contributed by atoms with E-state index in [9.17, 15) is 9.59 Å². The molecule has 9 heteroatoms. The van der Waals surface area contributed by atoms with E-state index in [2.05, 4.69) is 5.32 Å². The normalized spacial score (nSPS) is 15.5. The molecule has 1 aliphatic heterocycles. The van der Waals surface area contributed by atoms with Crippen LogP contribution in [0.1, 0.15) is 12.0 Å². The van der Waals surface area contributed by atoms with Crippen LogP contribution in [0, 0.1) is 0 Å². The minimum absolute atomic E-state index is 0.0459. The standard InChI is InChI=1S/C26H23Cl2N3O3S/c1-34-22-12-8-20(9-13-22)29-24(32)16-23-25(33)31(21-10-6-19(28)7-11-21)26(35)30(23)15-14-17-2-4-18(27)5-3-17/h2-13,23H,14-16H2,1H3,(H,29,32). The molecule has 0 aromatic heterocycles. The number of nitrogens with one attached hydrogen (secondary N) is 1. The van der Waals surface area contributed by atoms with Crippen molar-refractivity contribution in [3.8, 4) is 5.75 Å². The van der Waals surface area contributed by atoms with E-state index in [1.54, 1.807) is 55.6 Å². The minimum Gasteiger partial charge on any atom is -0.497 e. The van der Waals surface area contributed by atoms with E-state index in [1.807, 2.05) is 29.2 Å². The molecule has 1 atom stereocenters. The Kier molecular flexibility index (Phi) is 7.90. The third-order valence-corrected chi connectivity index (χ3v) is 6.63. The van der Waals surface area contributed by atoms with Crippen LogP contribution in [0.5, 0.6) is 5.75 Å². The van der Waals surface area contributed by atoms with Gasteiger partial charge in [-0.3, -0.25) is 14.5 Å². The number of amides is 2. The van der Waals surface area contributed by atoms with Crippen molar-refractivity contribution in [2.45, 2.75) is 18.9 Å². The second kappa shape index (κ2) is 11.1. The lowest BCUT2D eigenvalue weighted by molar-refractivity contribution is -0.124. The molecule has 2 amide bonds. The molecular formula is C26H23Cl2N3O3S. The van der Waals surface area contributed by atoms with Gasteiger partial charge >= 0.3 is 0 Å². The van der Waals surface area contributed by atoms with Gasteiger partial charge in [0.15, 0.2) is 5.11 Å². The highest BCUT2D eigenvalue weighted by Gasteiger charge is 2.43. The van der Waals surface area contributed by atoms with E-state index < -0.39 is 6.04 Å². The number of hydrogen-bond acceptors (Lipinski definition) is 4. The number of halogens is 2. The van der Waals surface area contributed by atoms with Crippen LogP contribution in [-0.4, -0.2) is 41.5 Å². The third-order valence-electron chi connectivity index (χ3n) is 5.71. The van der Waals surface area contributed by atoms with Crippen LogP contribution in [-0.2, 0) is 16.0 Å². The zero-order chi connectivity index (χ0) is 24.9. The molecule has 3 aromatic rings. The molecule has 0 bridgehead atoms. The first-order valence-corrected chi connectivity index (χ1v) is 12.1. The molecule has 0 radical (unpaired) electrons. The van der Waals surface area contributed by atoms with Gasteiger partial charge in [0.25, 0.3) is 5.91 Å². The Morgan fingerprint density at radius 2 is 1.57 bits per heavy atom. The first kappa shape index (κ1) is 25.0. The molecule has 1 aliphatic rings. The zero-order valence-electron chi connectivity index (χ0n) is 18.9. The topological polar surface area (TPSA) is 61.9 Å². The maximum atomic E-state index is 13.5. The summed E-state index contributed by atoms with van der Waals surface area (Å²) in [6.07, 6.45) is 0.589. The molecule has 1 N–H and O–H groups in total. The summed E-state index contributed by atoms with van der Waals surface area (Å²) in [4.78, 5) is 29.7. The van der Waals surface area contributed by atoms with Gasteiger partial charge in [0.2, 0.25) is 5.91 Å². The Morgan fingerprint density at radius 1 is 0.971 bits per heavy atom. The molecule has 1 heterocycles. The Hall–Kier alpha value is -3.13. The van der Waals surface area contributed by atoms with E-state index >= 15 is 0 Å². The van der Waals surface area contributed by atoms with E-state index in [1.165, 1.54) is 4.90 Å². The van der Waals surface area contributed by atoms with Gasteiger partial charge in [0.05, 0.1) is 19.2 Å². The number of carbonyl (C=O) groups is 2. The van der Waals surface area contributed by atoms with Gasteiger partial charge in [0.1, 0.15) is 11.8 Å². The van der Waals surface area contributed by atoms with Crippen molar-refractivity contribution in [2.75, 3.05) is 23.9 Å². The molecule has 35 heavy (non-hydrogen) atoms. The number of nitrogens with zero attached hydrogens (tertiary/aromatic N) is 2. The Morgan fingerprint density at radius 3 is 2.17 bits per heavy atom. The van der Waals surface area contributed by atoms with Gasteiger partial charge in [-0.15, -0.1) is 0 Å². The van der Waals surface area contributed by atoms with Gasteiger partial charge in [-0.25, -0.2) is 0 Å².